The largest absolute Gasteiger partial charge is 0.455 e. The lowest BCUT2D eigenvalue weighted by molar-refractivity contribution is -0.378. The van der Waals surface area contributed by atoms with Gasteiger partial charge in [0.1, 0.15) is 12.2 Å². The second-order valence-corrected chi connectivity index (χ2v) is 21.0. The minimum Gasteiger partial charge on any atom is -0.455 e. The Bertz CT molecular complexity index is 2150. The Hall–Kier alpha value is -7.47. The normalized spacial score (nSPS) is 20.9. The van der Waals surface area contributed by atoms with E-state index in [4.69, 9.17) is 111 Å². The molecule has 2 saturated heterocycles. The Kier molecular flexibility index (Phi) is 42.5. The van der Waals surface area contributed by atoms with Gasteiger partial charge in [-0.25, -0.2) is 0 Å². The molecule has 0 aromatic carbocycles. The molecule has 26 N–H and O–H groups in total. The van der Waals surface area contributed by atoms with Gasteiger partial charge in [-0.1, -0.05) is 38.5 Å². The summed E-state index contributed by atoms with van der Waals surface area (Å²) < 4.78 is 55.6. The molecule has 2 aliphatic rings. The summed E-state index contributed by atoms with van der Waals surface area (Å²) in [5.74, 6) is -5.79. The number of unbranched alkanes of at least 4 members (excludes halogenated alkanes) is 12. The molecular formula is C54H101ClN18O17. The van der Waals surface area contributed by atoms with E-state index in [0.29, 0.717) is 103 Å². The Labute approximate surface area is 530 Å². The van der Waals surface area contributed by atoms with Crippen molar-refractivity contribution in [2.24, 2.45) is 98.8 Å². The van der Waals surface area contributed by atoms with Gasteiger partial charge < -0.3 is 122 Å². The molecule has 516 valence electrons. The Morgan fingerprint density at radius 1 is 0.289 bits per heavy atom. The van der Waals surface area contributed by atoms with Crippen molar-refractivity contribution in [2.75, 3.05) is 52.5 Å². The van der Waals surface area contributed by atoms with Gasteiger partial charge in [0.2, 0.25) is 12.6 Å². The Balaban J connectivity index is 0.0000405. The highest BCUT2D eigenvalue weighted by molar-refractivity contribution is 5.85. The molecule has 36 heteroatoms. The second kappa shape index (κ2) is 47.5. The van der Waals surface area contributed by atoms with Gasteiger partial charge in [-0.2, -0.15) is 0 Å². The molecule has 10 atom stereocenters. The molecule has 2 fully saturated rings. The minimum atomic E-state index is -2.00. The summed E-state index contributed by atoms with van der Waals surface area (Å²) in [4.78, 5) is 107. The highest BCUT2D eigenvalue weighted by atomic mass is 35.5. The molecule has 0 radical (unpaired) electrons. The maximum absolute atomic E-state index is 14.1. The average Bonchev–Trinajstić information content (AvgIpc) is 1.10. The quantitative estimate of drug-likeness (QED) is 0.00972. The summed E-state index contributed by atoms with van der Waals surface area (Å²) in [6.45, 7) is -0.191. The van der Waals surface area contributed by atoms with Crippen LogP contribution in [0, 0.1) is 0 Å². The van der Waals surface area contributed by atoms with E-state index >= 15 is 0 Å². The van der Waals surface area contributed by atoms with Crippen LogP contribution >= 0.6 is 12.4 Å². The van der Waals surface area contributed by atoms with Crippen LogP contribution < -0.4 is 68.8 Å². The van der Waals surface area contributed by atoms with Gasteiger partial charge in [0, 0.05) is 77.8 Å². The summed E-state index contributed by atoms with van der Waals surface area (Å²) in [5.41, 5.74) is 65.6. The number of hydrogen-bond acceptors (Lipinski definition) is 23. The van der Waals surface area contributed by atoms with Crippen LogP contribution in [-0.2, 0) is 71.4 Å². The fourth-order valence-corrected chi connectivity index (χ4v) is 9.07. The maximum Gasteiger partial charge on any atom is 0.306 e. The SMILES string of the molecule is Cl.NC(N)=NCCCCCC(=O)O[C@@H]1[C@@H](OC(=O)CCCCCN=C(N)N)[C@@H](O[C@H]2O[C@H](CO)[C@@H](OC(=O)CCCCCN=C(N)N)[C@H](OC(=O)CCCCCN=C(N)N)[C@H]2OC(=O)CCCCCN=C(N)N)O[C@H](CO)[C@H]1OC(=O)CCCCCN=C(N)N. The summed E-state index contributed by atoms with van der Waals surface area (Å²) in [6.07, 6.45) is -12.0. The van der Waals surface area contributed by atoms with Crippen molar-refractivity contribution in [3.8, 4) is 0 Å². The van der Waals surface area contributed by atoms with Gasteiger partial charge >= 0.3 is 35.8 Å². The highest BCUT2D eigenvalue weighted by Gasteiger charge is 2.58. The van der Waals surface area contributed by atoms with Crippen molar-refractivity contribution in [2.45, 2.75) is 216 Å². The topological polar surface area (TPSA) is 612 Å². The number of aliphatic hydroxyl groups excluding tert-OH is 2. The lowest BCUT2D eigenvalue weighted by atomic mass is 9.96. The van der Waals surface area contributed by atoms with Gasteiger partial charge in [-0.05, 0) is 77.0 Å². The van der Waals surface area contributed by atoms with Crippen molar-refractivity contribution >= 4 is 84.0 Å². The van der Waals surface area contributed by atoms with E-state index in [9.17, 15) is 39.0 Å². The lowest BCUT2D eigenvalue weighted by Crippen LogP contribution is -2.67. The number of nitrogens with zero attached hydrogens (tertiary/aromatic N) is 6. The molecule has 0 unspecified atom stereocenters. The van der Waals surface area contributed by atoms with E-state index in [1.165, 1.54) is 0 Å². The fourth-order valence-electron chi connectivity index (χ4n) is 9.07. The maximum atomic E-state index is 14.1. The van der Waals surface area contributed by atoms with Crippen molar-refractivity contribution < 1.29 is 81.6 Å². The number of hydrogen-bond donors (Lipinski definition) is 14. The van der Waals surface area contributed by atoms with Crippen LogP contribution in [0.5, 0.6) is 0 Å². The zero-order valence-corrected chi connectivity index (χ0v) is 52.3. The third-order valence-electron chi connectivity index (χ3n) is 13.4. The average molecular weight is 1310 g/mol. The molecule has 2 heterocycles. The van der Waals surface area contributed by atoms with Crippen molar-refractivity contribution in [1.82, 2.24) is 0 Å². The number of carbonyl (C=O) groups is 6. The van der Waals surface area contributed by atoms with Crippen LogP contribution in [0.15, 0.2) is 30.0 Å². The lowest BCUT2D eigenvalue weighted by Gasteiger charge is -2.48. The first-order valence-electron chi connectivity index (χ1n) is 30.2. The van der Waals surface area contributed by atoms with Crippen LogP contribution in [0.4, 0.5) is 0 Å². The third kappa shape index (κ3) is 36.3. The van der Waals surface area contributed by atoms with Gasteiger partial charge in [0.25, 0.3) is 0 Å². The predicted molar refractivity (Wildman–Crippen MR) is 334 cm³/mol. The zero-order valence-electron chi connectivity index (χ0n) is 51.4. The number of rotatable bonds is 46. The molecule has 0 spiro atoms. The zero-order chi connectivity index (χ0) is 65.9. The third-order valence-corrected chi connectivity index (χ3v) is 13.4. The molecule has 0 amide bonds. The van der Waals surface area contributed by atoms with Gasteiger partial charge in [0.05, 0.1) is 13.2 Å². The van der Waals surface area contributed by atoms with Gasteiger partial charge in [-0.15, -0.1) is 12.4 Å². The molecule has 90 heavy (non-hydrogen) atoms. The number of aliphatic imine (C=N–C) groups is 6. The van der Waals surface area contributed by atoms with Crippen molar-refractivity contribution in [3.63, 3.8) is 0 Å². The molecule has 0 aromatic rings. The summed E-state index contributed by atoms with van der Waals surface area (Å²) in [7, 11) is 0. The summed E-state index contributed by atoms with van der Waals surface area (Å²) >= 11 is 0. The molecule has 2 aliphatic heterocycles. The molecule has 2 rings (SSSR count). The second-order valence-electron chi connectivity index (χ2n) is 21.0. The first-order valence-corrected chi connectivity index (χ1v) is 30.2. The van der Waals surface area contributed by atoms with Crippen LogP contribution in [0.3, 0.4) is 0 Å². The number of guanidine groups is 6. The van der Waals surface area contributed by atoms with Gasteiger partial charge in [-0.3, -0.25) is 58.7 Å². The van der Waals surface area contributed by atoms with Crippen LogP contribution in [-0.4, -0.2) is 196 Å². The fraction of sp³-hybridized carbons (Fsp3) is 0.778. The molecule has 0 aromatic heterocycles. The summed E-state index contributed by atoms with van der Waals surface area (Å²) in [5, 5.41) is 22.1. The summed E-state index contributed by atoms with van der Waals surface area (Å²) in [6, 6.07) is 0. The van der Waals surface area contributed by atoms with E-state index in [1.807, 2.05) is 0 Å². The molecule has 0 saturated carbocycles. The number of nitrogens with two attached hydrogens (primary N) is 12. The van der Waals surface area contributed by atoms with Gasteiger partial charge in [0.15, 0.2) is 72.4 Å². The van der Waals surface area contributed by atoms with E-state index in [0.717, 1.165) is 0 Å². The highest BCUT2D eigenvalue weighted by Crippen LogP contribution is 2.36. The van der Waals surface area contributed by atoms with Crippen molar-refractivity contribution in [3.05, 3.63) is 0 Å². The van der Waals surface area contributed by atoms with E-state index in [2.05, 4.69) is 30.0 Å². The first kappa shape index (κ1) is 80.5. The predicted octanol–water partition coefficient (Wildman–Crippen LogP) is -2.67. The van der Waals surface area contributed by atoms with Crippen LogP contribution in [0.1, 0.15) is 154 Å². The molecular weight excluding hydrogens is 1210 g/mol. The van der Waals surface area contributed by atoms with Crippen molar-refractivity contribution in [1.29, 1.82) is 0 Å². The minimum absolute atomic E-state index is 0. The standard InChI is InChI=1S/C54H100N18O17.ClH/c55-49(56)67-25-13-1-7-19-35(75)83-41-33(31-73)81-47(45(87-39(79)23-11-5-17-29-71-53(63)64)43(41)85-37(77)21-9-3-15-27-69-51(59)60)89-48-46(88-40(80)24-12-6-18-30-72-54(65)66)44(86-38(78)22-10-4-16-28-70-52(61)62)42(34(32-74)82-48)84-36(76)20-8-2-14-26-68-50(57)58;/h33-34,41-48,73-74H,1-32H2,(H4,55,56,67)(H4,57,58,68)(H4,59,60,69)(H4,61,62,70)(H4,63,64,71)(H4,65,66,72);1H/t33-,34-,41-,42-,43+,44+,45-,46-,47-,48-;/m1./s1. The number of esters is 6. The number of carbonyl (C=O) groups excluding carboxylic acids is 6. The van der Waals surface area contributed by atoms with E-state index in [1.54, 1.807) is 0 Å². The number of ether oxygens (including phenoxy) is 9. The Morgan fingerprint density at radius 2 is 0.478 bits per heavy atom. The number of aliphatic hydroxyl groups is 2. The smallest absolute Gasteiger partial charge is 0.306 e. The monoisotopic (exact) mass is 1310 g/mol. The first-order chi connectivity index (χ1) is 42.5. The Morgan fingerprint density at radius 3 is 0.667 bits per heavy atom. The van der Waals surface area contributed by atoms with Crippen LogP contribution in [0.2, 0.25) is 0 Å². The molecule has 0 aliphatic carbocycles. The van der Waals surface area contributed by atoms with Crippen LogP contribution in [0.25, 0.3) is 0 Å². The van der Waals surface area contributed by atoms with E-state index in [-0.39, 0.29) is 139 Å². The number of halogens is 1. The molecule has 0 bridgehead atoms. The molecule has 35 nitrogen and oxygen atoms in total. The van der Waals surface area contributed by atoms with E-state index < -0.39 is 110 Å².